The third-order valence-corrected chi connectivity index (χ3v) is 2.80. The lowest BCUT2D eigenvalue weighted by molar-refractivity contribution is 0.0522. The number of esters is 1. The Balaban J connectivity index is 2.31. The number of carbonyl (C=O) groups is 1. The summed E-state index contributed by atoms with van der Waals surface area (Å²) >= 11 is 0. The van der Waals surface area contributed by atoms with E-state index in [9.17, 15) is 9.59 Å². The molecule has 5 nitrogen and oxygen atoms in total. The molecule has 15 heavy (non-hydrogen) atoms. The number of ether oxygens (including phenoxy) is 1. The van der Waals surface area contributed by atoms with Crippen molar-refractivity contribution in [1.82, 2.24) is 10.2 Å². The molecule has 0 aliphatic heterocycles. The molecule has 0 radical (unpaired) electrons. The molecule has 1 saturated carbocycles. The van der Waals surface area contributed by atoms with Crippen molar-refractivity contribution in [3.05, 3.63) is 21.6 Å². The first-order valence-corrected chi connectivity index (χ1v) is 5.21. The Labute approximate surface area is 86.8 Å². The Kier molecular flexibility index (Phi) is 2.62. The van der Waals surface area contributed by atoms with Crippen LogP contribution in [0.1, 0.15) is 48.2 Å². The molecular formula is C10H14N2O3. The second-order valence-corrected chi connectivity index (χ2v) is 3.72. The van der Waals surface area contributed by atoms with E-state index in [1.165, 1.54) is 0 Å². The Morgan fingerprint density at radius 1 is 1.47 bits per heavy atom. The number of H-pyrrole nitrogens is 2. The van der Waals surface area contributed by atoms with Crippen LogP contribution in [0.3, 0.4) is 0 Å². The van der Waals surface area contributed by atoms with E-state index in [0.29, 0.717) is 11.6 Å². The van der Waals surface area contributed by atoms with Crippen molar-refractivity contribution < 1.29 is 9.53 Å². The topological polar surface area (TPSA) is 75.0 Å². The molecule has 0 atom stereocenters. The molecule has 0 unspecified atom stereocenters. The van der Waals surface area contributed by atoms with Crippen molar-refractivity contribution in [3.8, 4) is 0 Å². The van der Waals surface area contributed by atoms with Crippen LogP contribution >= 0.6 is 0 Å². The molecule has 1 aliphatic carbocycles. The van der Waals surface area contributed by atoms with E-state index < -0.39 is 5.97 Å². The second kappa shape index (κ2) is 3.92. The van der Waals surface area contributed by atoms with Crippen molar-refractivity contribution in [1.29, 1.82) is 0 Å². The molecule has 0 spiro atoms. The Morgan fingerprint density at radius 3 is 2.73 bits per heavy atom. The first kappa shape index (κ1) is 10.0. The van der Waals surface area contributed by atoms with E-state index in [2.05, 4.69) is 10.2 Å². The molecular weight excluding hydrogens is 196 g/mol. The van der Waals surface area contributed by atoms with Gasteiger partial charge in [0.1, 0.15) is 5.56 Å². The predicted molar refractivity (Wildman–Crippen MR) is 54.0 cm³/mol. The number of nitrogens with one attached hydrogen (secondary N) is 2. The van der Waals surface area contributed by atoms with Crippen molar-refractivity contribution in [2.24, 2.45) is 0 Å². The van der Waals surface area contributed by atoms with Gasteiger partial charge in [0.05, 0.1) is 12.3 Å². The van der Waals surface area contributed by atoms with E-state index >= 15 is 0 Å². The van der Waals surface area contributed by atoms with Gasteiger partial charge in [-0.25, -0.2) is 4.79 Å². The van der Waals surface area contributed by atoms with Crippen molar-refractivity contribution in [3.63, 3.8) is 0 Å². The van der Waals surface area contributed by atoms with Gasteiger partial charge >= 0.3 is 5.97 Å². The minimum Gasteiger partial charge on any atom is -0.462 e. The van der Waals surface area contributed by atoms with Crippen molar-refractivity contribution in [2.45, 2.75) is 32.1 Å². The number of rotatable bonds is 3. The molecule has 2 rings (SSSR count). The van der Waals surface area contributed by atoms with Gasteiger partial charge in [-0.1, -0.05) is 6.42 Å². The van der Waals surface area contributed by atoms with Crippen LogP contribution in [0, 0.1) is 0 Å². The molecule has 1 aliphatic rings. The number of aromatic nitrogens is 2. The third kappa shape index (κ3) is 1.69. The second-order valence-electron chi connectivity index (χ2n) is 3.72. The highest BCUT2D eigenvalue weighted by molar-refractivity contribution is 5.90. The molecule has 0 bridgehead atoms. The summed E-state index contributed by atoms with van der Waals surface area (Å²) in [5.74, 6) is -0.217. The van der Waals surface area contributed by atoms with Gasteiger partial charge in [-0.3, -0.25) is 9.89 Å². The van der Waals surface area contributed by atoms with Gasteiger partial charge in [0.25, 0.3) is 5.56 Å². The molecule has 0 aromatic carbocycles. The van der Waals surface area contributed by atoms with Crippen LogP contribution < -0.4 is 5.56 Å². The average Bonchev–Trinajstić information content (AvgIpc) is 2.45. The zero-order valence-corrected chi connectivity index (χ0v) is 8.63. The smallest absolute Gasteiger partial charge is 0.345 e. The monoisotopic (exact) mass is 210 g/mol. The van der Waals surface area contributed by atoms with Gasteiger partial charge < -0.3 is 9.84 Å². The Morgan fingerprint density at radius 2 is 2.20 bits per heavy atom. The van der Waals surface area contributed by atoms with Crippen LogP contribution in [-0.2, 0) is 4.74 Å². The highest BCUT2D eigenvalue weighted by atomic mass is 16.5. The van der Waals surface area contributed by atoms with E-state index in [4.69, 9.17) is 4.74 Å². The summed E-state index contributed by atoms with van der Waals surface area (Å²) in [6, 6.07) is 0. The summed E-state index contributed by atoms with van der Waals surface area (Å²) in [6.07, 6.45) is 3.21. The zero-order valence-electron chi connectivity index (χ0n) is 8.63. The summed E-state index contributed by atoms with van der Waals surface area (Å²) < 4.78 is 4.85. The first-order valence-electron chi connectivity index (χ1n) is 5.21. The molecule has 82 valence electrons. The summed E-state index contributed by atoms with van der Waals surface area (Å²) in [5.41, 5.74) is 0.488. The van der Waals surface area contributed by atoms with E-state index in [0.717, 1.165) is 19.3 Å². The highest BCUT2D eigenvalue weighted by Gasteiger charge is 2.29. The molecule has 0 saturated heterocycles. The maximum atomic E-state index is 11.5. The van der Waals surface area contributed by atoms with E-state index in [-0.39, 0.29) is 17.7 Å². The van der Waals surface area contributed by atoms with Crippen molar-refractivity contribution in [2.75, 3.05) is 6.61 Å². The summed E-state index contributed by atoms with van der Waals surface area (Å²) in [5, 5.41) is 5.22. The maximum absolute atomic E-state index is 11.5. The fraction of sp³-hybridized carbons (Fsp3) is 0.600. The van der Waals surface area contributed by atoms with Crippen LogP contribution in [0.2, 0.25) is 0 Å². The molecule has 0 amide bonds. The maximum Gasteiger partial charge on any atom is 0.345 e. The normalized spacial score (nSPS) is 16.1. The molecule has 1 heterocycles. The van der Waals surface area contributed by atoms with Gasteiger partial charge in [0.2, 0.25) is 0 Å². The lowest BCUT2D eigenvalue weighted by Gasteiger charge is -2.24. The standard InChI is InChI=1S/C10H14N2O3/c1-2-15-10(14)7-8(6-4-3-5-6)11-12-9(7)13/h6H,2-5H2,1H3,(H2,11,12,13). The van der Waals surface area contributed by atoms with Crippen LogP contribution in [-0.4, -0.2) is 22.8 Å². The average molecular weight is 210 g/mol. The number of hydrogen-bond acceptors (Lipinski definition) is 3. The quantitative estimate of drug-likeness (QED) is 0.735. The number of hydrogen-bond donors (Lipinski definition) is 2. The van der Waals surface area contributed by atoms with Crippen LogP contribution in [0.5, 0.6) is 0 Å². The summed E-state index contributed by atoms with van der Waals surface area (Å²) in [6.45, 7) is 2.01. The summed E-state index contributed by atoms with van der Waals surface area (Å²) in [7, 11) is 0. The number of carbonyl (C=O) groups excluding carboxylic acids is 1. The minimum atomic E-state index is -0.526. The van der Waals surface area contributed by atoms with Gasteiger partial charge in [-0.15, -0.1) is 0 Å². The number of aromatic amines is 2. The molecule has 1 aromatic rings. The molecule has 1 aromatic heterocycles. The van der Waals surface area contributed by atoms with Crippen LogP contribution in [0.4, 0.5) is 0 Å². The lowest BCUT2D eigenvalue weighted by Crippen LogP contribution is -2.20. The van der Waals surface area contributed by atoms with Crippen molar-refractivity contribution >= 4 is 5.97 Å². The Bertz CT molecular complexity index is 415. The van der Waals surface area contributed by atoms with Gasteiger partial charge in [-0.05, 0) is 19.8 Å². The summed E-state index contributed by atoms with van der Waals surface area (Å²) in [4.78, 5) is 22.9. The SMILES string of the molecule is CCOC(=O)c1c(C2CCC2)[nH][nH]c1=O. The molecule has 2 N–H and O–H groups in total. The lowest BCUT2D eigenvalue weighted by atomic mass is 9.81. The zero-order chi connectivity index (χ0) is 10.8. The van der Waals surface area contributed by atoms with Gasteiger partial charge in [-0.2, -0.15) is 0 Å². The predicted octanol–water partition coefficient (Wildman–Crippen LogP) is 1.15. The third-order valence-electron chi connectivity index (χ3n) is 2.80. The van der Waals surface area contributed by atoms with E-state index in [1.54, 1.807) is 6.92 Å². The first-order chi connectivity index (χ1) is 7.24. The molecule has 5 heteroatoms. The van der Waals surface area contributed by atoms with Gasteiger partial charge in [0, 0.05) is 5.92 Å². The van der Waals surface area contributed by atoms with E-state index in [1.807, 2.05) is 0 Å². The van der Waals surface area contributed by atoms with Gasteiger partial charge in [0.15, 0.2) is 0 Å². The van der Waals surface area contributed by atoms with Crippen LogP contribution in [0.15, 0.2) is 4.79 Å². The fourth-order valence-corrected chi connectivity index (χ4v) is 1.78. The Hall–Kier alpha value is -1.52. The minimum absolute atomic E-state index is 0.154. The molecule has 1 fully saturated rings. The van der Waals surface area contributed by atoms with Crippen LogP contribution in [0.25, 0.3) is 0 Å². The highest BCUT2D eigenvalue weighted by Crippen LogP contribution is 2.36. The fourth-order valence-electron chi connectivity index (χ4n) is 1.78. The largest absolute Gasteiger partial charge is 0.462 e.